The zero-order chi connectivity index (χ0) is 14.4. The monoisotopic (exact) mass is 276 g/mol. The quantitative estimate of drug-likeness (QED) is 0.859. The normalized spacial score (nSPS) is 17.7. The first-order valence-electron chi connectivity index (χ1n) is 7.20. The molecule has 1 aromatic carbocycles. The van der Waals surface area contributed by atoms with Crippen molar-refractivity contribution in [3.05, 3.63) is 35.4 Å². The van der Waals surface area contributed by atoms with Crippen LogP contribution in [0.1, 0.15) is 24.0 Å². The summed E-state index contributed by atoms with van der Waals surface area (Å²) < 4.78 is 5.29. The number of methoxy groups -OCH3 is 1. The Kier molecular flexibility index (Phi) is 5.15. The third-order valence-electron chi connectivity index (χ3n) is 4.00. The number of amides is 1. The van der Waals surface area contributed by atoms with E-state index in [4.69, 9.17) is 4.74 Å². The van der Waals surface area contributed by atoms with Crippen LogP contribution in [0.4, 0.5) is 0 Å². The first-order chi connectivity index (χ1) is 9.66. The van der Waals surface area contributed by atoms with Crippen LogP contribution in [0, 0.1) is 12.3 Å². The van der Waals surface area contributed by atoms with Crippen molar-refractivity contribution in [2.45, 2.75) is 26.3 Å². The van der Waals surface area contributed by atoms with Gasteiger partial charge in [0.1, 0.15) is 0 Å². The molecule has 0 unspecified atom stereocenters. The van der Waals surface area contributed by atoms with E-state index in [1.165, 1.54) is 5.56 Å². The molecule has 1 aliphatic heterocycles. The van der Waals surface area contributed by atoms with Gasteiger partial charge in [-0.3, -0.25) is 4.79 Å². The largest absolute Gasteiger partial charge is 0.384 e. The first kappa shape index (κ1) is 15.0. The van der Waals surface area contributed by atoms with Crippen LogP contribution in [0.3, 0.4) is 0 Å². The topological polar surface area (TPSA) is 50.4 Å². The van der Waals surface area contributed by atoms with Gasteiger partial charge in [-0.25, -0.2) is 0 Å². The van der Waals surface area contributed by atoms with E-state index in [0.29, 0.717) is 13.2 Å². The lowest BCUT2D eigenvalue weighted by Crippen LogP contribution is -2.49. The Morgan fingerprint density at radius 3 is 2.80 bits per heavy atom. The Balaban J connectivity index is 1.98. The zero-order valence-corrected chi connectivity index (χ0v) is 12.4. The number of hydrogen-bond donors (Lipinski definition) is 2. The standard InChI is InChI=1S/C16H24N2O2/c1-13-4-3-5-14(10-13)11-18-15(19)16(12-20-2)6-8-17-9-7-16/h3-5,10,17H,6-9,11-12H2,1-2H3,(H,18,19). The lowest BCUT2D eigenvalue weighted by atomic mass is 9.78. The molecule has 1 aromatic rings. The molecule has 1 fully saturated rings. The van der Waals surface area contributed by atoms with E-state index < -0.39 is 0 Å². The summed E-state index contributed by atoms with van der Waals surface area (Å²) in [7, 11) is 1.66. The molecule has 0 radical (unpaired) electrons. The summed E-state index contributed by atoms with van der Waals surface area (Å²) in [6.45, 7) is 4.89. The van der Waals surface area contributed by atoms with Crippen molar-refractivity contribution >= 4 is 5.91 Å². The van der Waals surface area contributed by atoms with E-state index in [9.17, 15) is 4.79 Å². The third kappa shape index (κ3) is 3.58. The van der Waals surface area contributed by atoms with Crippen molar-refractivity contribution in [1.29, 1.82) is 0 Å². The molecule has 0 saturated carbocycles. The van der Waals surface area contributed by atoms with Gasteiger partial charge >= 0.3 is 0 Å². The third-order valence-corrected chi connectivity index (χ3v) is 4.00. The number of benzene rings is 1. The van der Waals surface area contributed by atoms with E-state index >= 15 is 0 Å². The van der Waals surface area contributed by atoms with E-state index in [0.717, 1.165) is 31.5 Å². The van der Waals surface area contributed by atoms with Gasteiger partial charge in [0.15, 0.2) is 0 Å². The Hall–Kier alpha value is -1.39. The Morgan fingerprint density at radius 1 is 1.40 bits per heavy atom. The lowest BCUT2D eigenvalue weighted by molar-refractivity contribution is -0.136. The molecule has 0 spiro atoms. The Morgan fingerprint density at radius 2 is 2.15 bits per heavy atom. The molecular formula is C16H24N2O2. The molecule has 1 heterocycles. The van der Waals surface area contributed by atoms with E-state index in [1.807, 2.05) is 12.1 Å². The molecule has 0 aliphatic carbocycles. The Bertz CT molecular complexity index is 448. The van der Waals surface area contributed by atoms with E-state index in [2.05, 4.69) is 29.7 Å². The van der Waals surface area contributed by atoms with E-state index in [-0.39, 0.29) is 11.3 Å². The maximum absolute atomic E-state index is 12.5. The number of aryl methyl sites for hydroxylation is 1. The second-order valence-electron chi connectivity index (χ2n) is 5.64. The van der Waals surface area contributed by atoms with E-state index in [1.54, 1.807) is 7.11 Å². The molecule has 4 heteroatoms. The predicted molar refractivity (Wildman–Crippen MR) is 79.4 cm³/mol. The predicted octanol–water partition coefficient (Wildman–Crippen LogP) is 1.63. The number of carbonyl (C=O) groups is 1. The molecule has 4 nitrogen and oxygen atoms in total. The molecule has 2 rings (SSSR count). The highest BCUT2D eigenvalue weighted by molar-refractivity contribution is 5.83. The summed E-state index contributed by atoms with van der Waals surface area (Å²) >= 11 is 0. The van der Waals surface area contributed by atoms with Crippen molar-refractivity contribution in [1.82, 2.24) is 10.6 Å². The van der Waals surface area contributed by atoms with Gasteiger partial charge in [-0.05, 0) is 38.4 Å². The molecular weight excluding hydrogens is 252 g/mol. The van der Waals surface area contributed by atoms with Crippen LogP contribution in [0.2, 0.25) is 0 Å². The minimum absolute atomic E-state index is 0.113. The molecule has 2 N–H and O–H groups in total. The smallest absolute Gasteiger partial charge is 0.228 e. The van der Waals surface area contributed by atoms with Gasteiger partial charge in [-0.1, -0.05) is 29.8 Å². The Labute approximate surface area is 120 Å². The van der Waals surface area contributed by atoms with Crippen LogP contribution in [-0.2, 0) is 16.1 Å². The lowest BCUT2D eigenvalue weighted by Gasteiger charge is -2.35. The summed E-state index contributed by atoms with van der Waals surface area (Å²) in [6, 6.07) is 8.22. The summed E-state index contributed by atoms with van der Waals surface area (Å²) in [5.41, 5.74) is 1.98. The maximum atomic E-state index is 12.5. The second kappa shape index (κ2) is 6.86. The van der Waals surface area contributed by atoms with Crippen molar-refractivity contribution in [3.63, 3.8) is 0 Å². The fraction of sp³-hybridized carbons (Fsp3) is 0.562. The second-order valence-corrected chi connectivity index (χ2v) is 5.64. The summed E-state index contributed by atoms with van der Waals surface area (Å²) in [5.74, 6) is 0.113. The minimum atomic E-state index is -0.371. The SMILES string of the molecule is COCC1(C(=O)NCc2cccc(C)c2)CCNCC1. The first-order valence-corrected chi connectivity index (χ1v) is 7.20. The van der Waals surface area contributed by atoms with Crippen LogP contribution < -0.4 is 10.6 Å². The number of nitrogens with one attached hydrogen (secondary N) is 2. The van der Waals surface area contributed by atoms with Crippen LogP contribution >= 0.6 is 0 Å². The van der Waals surface area contributed by atoms with Crippen molar-refractivity contribution in [2.75, 3.05) is 26.8 Å². The van der Waals surface area contributed by atoms with Crippen LogP contribution in [0.5, 0.6) is 0 Å². The average molecular weight is 276 g/mol. The summed E-state index contributed by atoms with van der Waals surface area (Å²) in [4.78, 5) is 12.5. The van der Waals surface area contributed by atoms with Gasteiger partial charge in [0.05, 0.1) is 12.0 Å². The molecule has 1 amide bonds. The molecule has 0 bridgehead atoms. The average Bonchev–Trinajstić information content (AvgIpc) is 2.46. The maximum Gasteiger partial charge on any atom is 0.228 e. The molecule has 0 aromatic heterocycles. The van der Waals surface area contributed by atoms with Gasteiger partial charge in [-0.2, -0.15) is 0 Å². The molecule has 110 valence electrons. The zero-order valence-electron chi connectivity index (χ0n) is 12.4. The van der Waals surface area contributed by atoms with Gasteiger partial charge in [-0.15, -0.1) is 0 Å². The number of hydrogen-bond acceptors (Lipinski definition) is 3. The highest BCUT2D eigenvalue weighted by Crippen LogP contribution is 2.29. The molecule has 0 atom stereocenters. The van der Waals surface area contributed by atoms with Gasteiger partial charge in [0, 0.05) is 13.7 Å². The molecule has 1 saturated heterocycles. The van der Waals surface area contributed by atoms with Gasteiger partial charge < -0.3 is 15.4 Å². The van der Waals surface area contributed by atoms with Crippen LogP contribution in [-0.4, -0.2) is 32.7 Å². The number of rotatable bonds is 5. The fourth-order valence-corrected chi connectivity index (χ4v) is 2.81. The summed E-state index contributed by atoms with van der Waals surface area (Å²) in [6.07, 6.45) is 1.67. The minimum Gasteiger partial charge on any atom is -0.384 e. The molecule has 1 aliphatic rings. The van der Waals surface area contributed by atoms with Gasteiger partial charge in [0.25, 0.3) is 0 Å². The van der Waals surface area contributed by atoms with Crippen molar-refractivity contribution in [2.24, 2.45) is 5.41 Å². The van der Waals surface area contributed by atoms with Crippen LogP contribution in [0.25, 0.3) is 0 Å². The number of carbonyl (C=O) groups excluding carboxylic acids is 1. The number of ether oxygens (including phenoxy) is 1. The fourth-order valence-electron chi connectivity index (χ4n) is 2.81. The number of piperidine rings is 1. The highest BCUT2D eigenvalue weighted by atomic mass is 16.5. The van der Waals surface area contributed by atoms with Crippen LogP contribution in [0.15, 0.2) is 24.3 Å². The highest BCUT2D eigenvalue weighted by Gasteiger charge is 2.39. The summed E-state index contributed by atoms with van der Waals surface area (Å²) in [5, 5.41) is 6.37. The van der Waals surface area contributed by atoms with Crippen molar-refractivity contribution in [3.8, 4) is 0 Å². The van der Waals surface area contributed by atoms with Crippen molar-refractivity contribution < 1.29 is 9.53 Å². The van der Waals surface area contributed by atoms with Gasteiger partial charge in [0.2, 0.25) is 5.91 Å². The molecule has 20 heavy (non-hydrogen) atoms.